The van der Waals surface area contributed by atoms with Gasteiger partial charge in [0.05, 0.1) is 18.0 Å². The van der Waals surface area contributed by atoms with Crippen molar-refractivity contribution in [2.45, 2.75) is 59.0 Å². The third-order valence-corrected chi connectivity index (χ3v) is 3.96. The molecule has 1 amide bonds. The fourth-order valence-corrected chi connectivity index (χ4v) is 2.33. The fourth-order valence-electron chi connectivity index (χ4n) is 2.33. The van der Waals surface area contributed by atoms with E-state index in [0.717, 1.165) is 19.3 Å². The van der Waals surface area contributed by atoms with Crippen molar-refractivity contribution in [2.75, 3.05) is 32.2 Å². The Morgan fingerprint density at radius 3 is 2.56 bits per heavy atom. The molecule has 0 spiro atoms. The summed E-state index contributed by atoms with van der Waals surface area (Å²) in [6.45, 7) is 9.35. The summed E-state index contributed by atoms with van der Waals surface area (Å²) in [6, 6.07) is 3.55. The summed E-state index contributed by atoms with van der Waals surface area (Å²) < 4.78 is 16.3. The number of hydrogen-bond acceptors (Lipinski definition) is 5. The highest BCUT2D eigenvalue weighted by Gasteiger charge is 2.33. The molecule has 0 radical (unpaired) electrons. The maximum Gasteiger partial charge on any atom is 0.256 e. The minimum Gasteiger partial charge on any atom is -0.475 e. The van der Waals surface area contributed by atoms with Gasteiger partial charge in [-0.2, -0.15) is 0 Å². The highest BCUT2D eigenvalue weighted by molar-refractivity contribution is 5.97. The monoisotopic (exact) mass is 352 g/mol. The summed E-state index contributed by atoms with van der Waals surface area (Å²) in [4.78, 5) is 17.2. The Bertz CT molecular complexity index is 526. The molecule has 0 aliphatic heterocycles. The molecule has 6 nitrogen and oxygen atoms in total. The number of pyridine rings is 1. The number of anilines is 1. The van der Waals surface area contributed by atoms with Crippen molar-refractivity contribution >= 4 is 11.6 Å². The van der Waals surface area contributed by atoms with Crippen LogP contribution in [0.15, 0.2) is 12.1 Å². The number of rotatable bonds is 12. The van der Waals surface area contributed by atoms with Gasteiger partial charge in [0.15, 0.2) is 0 Å². The largest absolute Gasteiger partial charge is 0.475 e. The molecule has 0 aliphatic rings. The lowest BCUT2D eigenvalue weighted by molar-refractivity contribution is -0.140. The van der Waals surface area contributed by atoms with Crippen LogP contribution in [0, 0.1) is 6.92 Å². The number of methoxy groups -OCH3 is 1. The van der Waals surface area contributed by atoms with Gasteiger partial charge in [0, 0.05) is 19.8 Å². The first-order valence-corrected chi connectivity index (χ1v) is 9.01. The van der Waals surface area contributed by atoms with Gasteiger partial charge in [0.25, 0.3) is 5.91 Å². The Balaban J connectivity index is 2.78. The van der Waals surface area contributed by atoms with Gasteiger partial charge in [-0.15, -0.1) is 0 Å². The van der Waals surface area contributed by atoms with E-state index in [4.69, 9.17) is 14.2 Å². The number of unbranched alkanes of at least 4 members (excludes halogenated alkanes) is 1. The van der Waals surface area contributed by atoms with Crippen LogP contribution in [0.1, 0.15) is 52.1 Å². The summed E-state index contributed by atoms with van der Waals surface area (Å²) in [7, 11) is 1.62. The number of amides is 1. The van der Waals surface area contributed by atoms with Crippen LogP contribution in [0.5, 0.6) is 5.88 Å². The van der Waals surface area contributed by atoms with Gasteiger partial charge in [-0.1, -0.05) is 26.7 Å². The lowest BCUT2D eigenvalue weighted by atomic mass is 9.97. The number of ether oxygens (including phenoxy) is 3. The van der Waals surface area contributed by atoms with Crippen molar-refractivity contribution < 1.29 is 19.0 Å². The third kappa shape index (κ3) is 7.00. The quantitative estimate of drug-likeness (QED) is 0.581. The molecule has 25 heavy (non-hydrogen) atoms. The van der Waals surface area contributed by atoms with Gasteiger partial charge in [-0.3, -0.25) is 4.79 Å². The van der Waals surface area contributed by atoms with E-state index in [-0.39, 0.29) is 5.91 Å². The third-order valence-electron chi connectivity index (χ3n) is 3.96. The summed E-state index contributed by atoms with van der Waals surface area (Å²) in [5.74, 6) is 0.385. The lowest BCUT2D eigenvalue weighted by Gasteiger charge is -2.29. The molecule has 1 aromatic rings. The summed E-state index contributed by atoms with van der Waals surface area (Å²) >= 11 is 0. The molecule has 1 aromatic heterocycles. The summed E-state index contributed by atoms with van der Waals surface area (Å²) in [5.41, 5.74) is 0.551. The number of aryl methyl sites for hydroxylation is 1. The maximum atomic E-state index is 12.8. The number of nitrogens with zero attached hydrogens (tertiary/aromatic N) is 1. The van der Waals surface area contributed by atoms with Crippen LogP contribution >= 0.6 is 0 Å². The first-order chi connectivity index (χ1) is 12.0. The second kappa shape index (κ2) is 11.1. The number of hydrogen-bond donors (Lipinski definition) is 1. The van der Waals surface area contributed by atoms with E-state index in [1.807, 2.05) is 26.8 Å². The normalized spacial score (nSPS) is 13.3. The van der Waals surface area contributed by atoms with Crippen LogP contribution in [0.3, 0.4) is 0 Å². The Hall–Kier alpha value is -1.66. The van der Waals surface area contributed by atoms with Crippen LogP contribution in [-0.2, 0) is 14.3 Å². The van der Waals surface area contributed by atoms with E-state index in [2.05, 4.69) is 17.2 Å². The lowest BCUT2D eigenvalue weighted by Crippen LogP contribution is -2.43. The molecule has 1 N–H and O–H groups in total. The van der Waals surface area contributed by atoms with Crippen molar-refractivity contribution in [3.05, 3.63) is 17.8 Å². The van der Waals surface area contributed by atoms with Gasteiger partial charge in [0.1, 0.15) is 12.2 Å². The molecule has 0 unspecified atom stereocenters. The summed E-state index contributed by atoms with van der Waals surface area (Å²) in [5, 5.41) is 2.96. The molecule has 0 saturated carbocycles. The van der Waals surface area contributed by atoms with Crippen LogP contribution in [-0.4, -0.2) is 43.4 Å². The second-order valence-electron chi connectivity index (χ2n) is 6.26. The van der Waals surface area contributed by atoms with Gasteiger partial charge in [-0.05, 0) is 32.8 Å². The zero-order valence-electron chi connectivity index (χ0n) is 16.2. The number of nitrogens with one attached hydrogen (secondary N) is 1. The molecule has 1 atom stereocenters. The van der Waals surface area contributed by atoms with Crippen LogP contribution in [0.4, 0.5) is 5.69 Å². The molecule has 0 fully saturated rings. The highest BCUT2D eigenvalue weighted by Crippen LogP contribution is 2.24. The van der Waals surface area contributed by atoms with Crippen LogP contribution in [0.2, 0.25) is 0 Å². The van der Waals surface area contributed by atoms with Gasteiger partial charge in [-0.25, -0.2) is 4.98 Å². The molecule has 0 aliphatic carbocycles. The van der Waals surface area contributed by atoms with Crippen molar-refractivity contribution in [3.63, 3.8) is 0 Å². The predicted molar refractivity (Wildman–Crippen MR) is 99.1 cm³/mol. The van der Waals surface area contributed by atoms with Crippen molar-refractivity contribution in [2.24, 2.45) is 0 Å². The number of aromatic nitrogens is 1. The first-order valence-electron chi connectivity index (χ1n) is 9.01. The van der Waals surface area contributed by atoms with E-state index >= 15 is 0 Å². The summed E-state index contributed by atoms with van der Waals surface area (Å²) in [6.07, 6.45) is 3.53. The maximum absolute atomic E-state index is 12.8. The predicted octanol–water partition coefficient (Wildman–Crippen LogP) is 3.73. The van der Waals surface area contributed by atoms with Crippen molar-refractivity contribution in [3.8, 4) is 5.88 Å². The minimum absolute atomic E-state index is 0.132. The molecule has 6 heteroatoms. The number of carbonyl (C=O) groups is 1. The molecule has 142 valence electrons. The molecule has 1 rings (SSSR count). The van der Waals surface area contributed by atoms with E-state index in [1.54, 1.807) is 13.2 Å². The van der Waals surface area contributed by atoms with Crippen molar-refractivity contribution in [1.82, 2.24) is 4.98 Å². The van der Waals surface area contributed by atoms with Crippen LogP contribution in [0.25, 0.3) is 0 Å². The standard InChI is InChI=1S/C19H32N2O4/c1-6-8-11-19(4,25-12-7-2)18(22)21-16-9-10-17(20-15(16)3)24-14-13-23-5/h9-10H,6-8,11-14H2,1-5H3,(H,21,22)/t19-/m1/s1. The van der Waals surface area contributed by atoms with E-state index in [9.17, 15) is 4.79 Å². The zero-order chi connectivity index (χ0) is 18.7. The van der Waals surface area contributed by atoms with Crippen molar-refractivity contribution in [1.29, 1.82) is 0 Å². The first kappa shape index (κ1) is 21.4. The van der Waals surface area contributed by atoms with Crippen LogP contribution < -0.4 is 10.1 Å². The van der Waals surface area contributed by atoms with Gasteiger partial charge in [0.2, 0.25) is 5.88 Å². The Morgan fingerprint density at radius 1 is 1.20 bits per heavy atom. The van der Waals surface area contributed by atoms with E-state index in [0.29, 0.717) is 43.5 Å². The smallest absolute Gasteiger partial charge is 0.256 e. The Morgan fingerprint density at radius 2 is 1.96 bits per heavy atom. The Labute approximate surface area is 151 Å². The Kier molecular flexibility index (Phi) is 9.45. The van der Waals surface area contributed by atoms with E-state index < -0.39 is 5.60 Å². The average molecular weight is 352 g/mol. The number of carbonyl (C=O) groups excluding carboxylic acids is 1. The molecule has 0 bridgehead atoms. The second-order valence-corrected chi connectivity index (χ2v) is 6.26. The fraction of sp³-hybridized carbons (Fsp3) is 0.684. The molecular formula is C19H32N2O4. The van der Waals surface area contributed by atoms with Gasteiger partial charge < -0.3 is 19.5 Å². The SMILES string of the molecule is CCCC[C@@](C)(OCCC)C(=O)Nc1ccc(OCCOC)nc1C. The zero-order valence-corrected chi connectivity index (χ0v) is 16.2. The highest BCUT2D eigenvalue weighted by atomic mass is 16.5. The van der Waals surface area contributed by atoms with Gasteiger partial charge >= 0.3 is 0 Å². The molecule has 1 heterocycles. The molecule has 0 saturated heterocycles. The molecular weight excluding hydrogens is 320 g/mol. The average Bonchev–Trinajstić information content (AvgIpc) is 2.60. The molecule has 0 aromatic carbocycles. The minimum atomic E-state index is -0.827. The topological polar surface area (TPSA) is 69.7 Å². The van der Waals surface area contributed by atoms with E-state index in [1.165, 1.54) is 0 Å².